The third-order valence-corrected chi connectivity index (χ3v) is 7.70. The van der Waals surface area contributed by atoms with Gasteiger partial charge in [0.2, 0.25) is 5.88 Å². The normalized spacial score (nSPS) is 11.3. The number of methoxy groups -OCH3 is 2. The van der Waals surface area contributed by atoms with Crippen molar-refractivity contribution in [2.24, 2.45) is 0 Å². The Bertz CT molecular complexity index is 1530. The first-order valence-corrected chi connectivity index (χ1v) is 13.0. The number of nitrogens with zero attached hydrogens (tertiary/aromatic N) is 6. The molecule has 3 aromatic heterocycles. The smallest absolute Gasteiger partial charge is 0.321 e. The lowest BCUT2D eigenvalue weighted by Gasteiger charge is -2.10. The van der Waals surface area contributed by atoms with E-state index in [-0.39, 0.29) is 28.3 Å². The summed E-state index contributed by atoms with van der Waals surface area (Å²) in [6.45, 7) is 4.17. The average molecular weight is 591 g/mol. The van der Waals surface area contributed by atoms with Gasteiger partial charge in [0, 0.05) is 18.0 Å². The first kappa shape index (κ1) is 26.1. The van der Waals surface area contributed by atoms with Crippen molar-refractivity contribution >= 4 is 43.4 Å². The molecule has 0 unspecified atom stereocenters. The largest absolute Gasteiger partial charge is 0.481 e. The second-order valence-corrected chi connectivity index (χ2v) is 10.2. The van der Waals surface area contributed by atoms with Gasteiger partial charge in [-0.25, -0.2) is 13.1 Å². The summed E-state index contributed by atoms with van der Waals surface area (Å²) in [6, 6.07) is 8.50. The third kappa shape index (κ3) is 5.89. The number of nitrogens with one attached hydrogen (secondary N) is 2. The number of rotatable bonds is 9. The quantitative estimate of drug-likeness (QED) is 0.299. The van der Waals surface area contributed by atoms with Gasteiger partial charge in [0.25, 0.3) is 15.9 Å². The molecule has 13 nitrogen and oxygen atoms in total. The van der Waals surface area contributed by atoms with Crippen LogP contribution >= 0.6 is 15.9 Å². The van der Waals surface area contributed by atoms with E-state index in [2.05, 4.69) is 46.1 Å². The second kappa shape index (κ2) is 10.6. The molecule has 4 aromatic rings. The molecule has 0 saturated carbocycles. The van der Waals surface area contributed by atoms with Gasteiger partial charge in [-0.05, 0) is 60.1 Å². The van der Waals surface area contributed by atoms with Crippen molar-refractivity contribution in [3.63, 3.8) is 0 Å². The van der Waals surface area contributed by atoms with Crippen LogP contribution in [0.1, 0.15) is 21.9 Å². The van der Waals surface area contributed by atoms with Crippen molar-refractivity contribution in [2.75, 3.05) is 24.3 Å². The molecule has 0 aliphatic carbocycles. The first-order valence-electron chi connectivity index (χ1n) is 10.7. The molecule has 0 saturated heterocycles. The van der Waals surface area contributed by atoms with Crippen LogP contribution in [0.5, 0.6) is 11.9 Å². The molecule has 15 heteroatoms. The number of benzene rings is 1. The minimum absolute atomic E-state index is 0.0236. The molecule has 0 atom stereocenters. The number of aromatic nitrogens is 6. The Morgan fingerprint density at radius 2 is 1.78 bits per heavy atom. The van der Waals surface area contributed by atoms with Crippen LogP contribution in [0.2, 0.25) is 0 Å². The van der Waals surface area contributed by atoms with Crippen molar-refractivity contribution in [1.82, 2.24) is 29.5 Å². The zero-order valence-corrected chi connectivity index (χ0v) is 22.7. The van der Waals surface area contributed by atoms with Crippen LogP contribution in [0.25, 0.3) is 0 Å². The van der Waals surface area contributed by atoms with Gasteiger partial charge in [-0.15, -0.1) is 0 Å². The standard InChI is InChI=1S/C22H23BrN8O5S/c1-13-20(23)14(2)31(27-13)12-30-10-9-17(28-30)21(32)24-15-5-7-16(8-6-15)37(33,34)29-18-11-19(35-3)26-22(25-18)36-4/h5-11H,12H2,1-4H3,(H,24,32)(H,25,26,29). The lowest BCUT2D eigenvalue weighted by atomic mass is 10.3. The summed E-state index contributed by atoms with van der Waals surface area (Å²) in [7, 11) is -1.24. The van der Waals surface area contributed by atoms with E-state index in [4.69, 9.17) is 9.47 Å². The zero-order valence-electron chi connectivity index (χ0n) is 20.3. The molecular weight excluding hydrogens is 568 g/mol. The topological polar surface area (TPSA) is 155 Å². The number of anilines is 2. The fraction of sp³-hybridized carbons (Fsp3) is 0.227. The Hall–Kier alpha value is -3.98. The summed E-state index contributed by atoms with van der Waals surface area (Å²) in [5, 5.41) is 11.4. The van der Waals surface area contributed by atoms with Crippen LogP contribution in [0, 0.1) is 13.8 Å². The fourth-order valence-corrected chi connectivity index (χ4v) is 4.55. The lowest BCUT2D eigenvalue weighted by molar-refractivity contribution is 0.102. The molecule has 0 fully saturated rings. The molecule has 1 aromatic carbocycles. The maximum Gasteiger partial charge on any atom is 0.321 e. The second-order valence-electron chi connectivity index (χ2n) is 7.73. The van der Waals surface area contributed by atoms with Gasteiger partial charge in [-0.2, -0.15) is 20.2 Å². The number of carbonyl (C=O) groups is 1. The molecule has 0 aliphatic rings. The lowest BCUT2D eigenvalue weighted by Crippen LogP contribution is -2.16. The van der Waals surface area contributed by atoms with Gasteiger partial charge in [0.1, 0.15) is 6.67 Å². The molecule has 0 aliphatic heterocycles. The number of carbonyl (C=O) groups excluding carboxylic acids is 1. The monoisotopic (exact) mass is 590 g/mol. The van der Waals surface area contributed by atoms with E-state index in [1.54, 1.807) is 21.6 Å². The predicted molar refractivity (Wildman–Crippen MR) is 137 cm³/mol. The number of sulfonamides is 1. The van der Waals surface area contributed by atoms with E-state index >= 15 is 0 Å². The molecule has 2 N–H and O–H groups in total. The molecule has 4 rings (SSSR count). The number of hydrogen-bond acceptors (Lipinski definition) is 9. The minimum atomic E-state index is -3.98. The zero-order chi connectivity index (χ0) is 26.7. The van der Waals surface area contributed by atoms with E-state index in [1.807, 2.05) is 13.8 Å². The number of ether oxygens (including phenoxy) is 2. The highest BCUT2D eigenvalue weighted by atomic mass is 79.9. The molecule has 37 heavy (non-hydrogen) atoms. The van der Waals surface area contributed by atoms with E-state index < -0.39 is 15.9 Å². The molecule has 0 bridgehead atoms. The van der Waals surface area contributed by atoms with E-state index in [0.717, 1.165) is 15.9 Å². The predicted octanol–water partition coefficient (Wildman–Crippen LogP) is 2.83. The van der Waals surface area contributed by atoms with Gasteiger partial charge >= 0.3 is 6.01 Å². The maximum absolute atomic E-state index is 12.8. The SMILES string of the molecule is COc1cc(NS(=O)(=O)c2ccc(NC(=O)c3ccn(Cn4nc(C)c(Br)c4C)n3)cc2)nc(OC)n1. The highest BCUT2D eigenvalue weighted by molar-refractivity contribution is 9.10. The summed E-state index contributed by atoms with van der Waals surface area (Å²) in [4.78, 5) is 20.5. The number of hydrogen-bond donors (Lipinski definition) is 2. The summed E-state index contributed by atoms with van der Waals surface area (Å²) in [5.41, 5.74) is 2.40. The van der Waals surface area contributed by atoms with Crippen LogP contribution < -0.4 is 19.5 Å². The molecule has 0 radical (unpaired) electrons. The van der Waals surface area contributed by atoms with Crippen molar-refractivity contribution in [3.05, 3.63) is 64.1 Å². The van der Waals surface area contributed by atoms with Gasteiger partial charge in [-0.3, -0.25) is 14.2 Å². The summed E-state index contributed by atoms with van der Waals surface area (Å²) in [5.74, 6) is -0.334. The molecule has 0 spiro atoms. The number of halogens is 1. The average Bonchev–Trinajstić information content (AvgIpc) is 3.44. The van der Waals surface area contributed by atoms with E-state index in [0.29, 0.717) is 12.4 Å². The number of amides is 1. The molecule has 3 heterocycles. The van der Waals surface area contributed by atoms with Gasteiger partial charge in [0.15, 0.2) is 11.5 Å². The highest BCUT2D eigenvalue weighted by Gasteiger charge is 2.18. The fourth-order valence-electron chi connectivity index (χ4n) is 3.27. The van der Waals surface area contributed by atoms with Crippen LogP contribution in [-0.2, 0) is 16.7 Å². The van der Waals surface area contributed by atoms with Crippen LogP contribution in [-0.4, -0.2) is 58.1 Å². The van der Waals surface area contributed by atoms with Gasteiger partial charge < -0.3 is 14.8 Å². The van der Waals surface area contributed by atoms with Crippen molar-refractivity contribution in [2.45, 2.75) is 25.4 Å². The molecule has 1 amide bonds. The van der Waals surface area contributed by atoms with Crippen LogP contribution in [0.4, 0.5) is 11.5 Å². The highest BCUT2D eigenvalue weighted by Crippen LogP contribution is 2.22. The van der Waals surface area contributed by atoms with Gasteiger partial charge in [-0.1, -0.05) is 0 Å². The van der Waals surface area contributed by atoms with E-state index in [1.165, 1.54) is 44.6 Å². The summed E-state index contributed by atoms with van der Waals surface area (Å²) >= 11 is 3.49. The first-order chi connectivity index (χ1) is 17.6. The Morgan fingerprint density at radius 3 is 2.41 bits per heavy atom. The van der Waals surface area contributed by atoms with Crippen molar-refractivity contribution in [1.29, 1.82) is 0 Å². The maximum atomic E-state index is 12.8. The Balaban J connectivity index is 1.42. The van der Waals surface area contributed by atoms with Crippen molar-refractivity contribution < 1.29 is 22.7 Å². The van der Waals surface area contributed by atoms with Gasteiger partial charge in [0.05, 0.1) is 35.0 Å². The Labute approximate surface area is 221 Å². The Kier molecular flexibility index (Phi) is 7.45. The number of aryl methyl sites for hydroxylation is 1. The van der Waals surface area contributed by atoms with E-state index in [9.17, 15) is 13.2 Å². The summed E-state index contributed by atoms with van der Waals surface area (Å²) in [6.07, 6.45) is 1.68. The molecule has 194 valence electrons. The van der Waals surface area contributed by atoms with Crippen LogP contribution in [0.15, 0.2) is 52.0 Å². The van der Waals surface area contributed by atoms with Crippen molar-refractivity contribution in [3.8, 4) is 11.9 Å². The molecular formula is C22H23BrN8O5S. The Morgan fingerprint density at radius 1 is 1.05 bits per heavy atom. The van der Waals surface area contributed by atoms with Crippen LogP contribution in [0.3, 0.4) is 0 Å². The third-order valence-electron chi connectivity index (χ3n) is 5.18. The summed E-state index contributed by atoms with van der Waals surface area (Å²) < 4.78 is 42.2. The minimum Gasteiger partial charge on any atom is -0.481 e.